The van der Waals surface area contributed by atoms with E-state index in [2.05, 4.69) is 25.6 Å². The number of carbonyl (C=O) groups is 1. The van der Waals surface area contributed by atoms with Gasteiger partial charge < -0.3 is 0 Å². The third-order valence-corrected chi connectivity index (χ3v) is 6.35. The minimum atomic E-state index is -1.66. The van der Waals surface area contributed by atoms with Crippen LogP contribution < -0.4 is 5.32 Å². The van der Waals surface area contributed by atoms with Crippen molar-refractivity contribution in [2.75, 3.05) is 5.32 Å². The Hall–Kier alpha value is -3.79. The van der Waals surface area contributed by atoms with E-state index in [1.165, 1.54) is 29.1 Å². The largest absolute Gasteiger partial charge is 0.497 e. The molecular weight excluding hydrogens is 454 g/mol. The van der Waals surface area contributed by atoms with Gasteiger partial charge in [-0.15, -0.1) is 0 Å². The Morgan fingerprint density at radius 2 is 2.00 bits per heavy atom. The number of halogens is 3. The van der Waals surface area contributed by atoms with Gasteiger partial charge in [0, 0.05) is 36.0 Å². The van der Waals surface area contributed by atoms with Crippen molar-refractivity contribution in [3.63, 3.8) is 0 Å². The lowest BCUT2D eigenvalue weighted by atomic mass is 9.97. The predicted octanol–water partition coefficient (Wildman–Crippen LogP) is 4.69. The normalized spacial score (nSPS) is 19.1. The van der Waals surface area contributed by atoms with Crippen LogP contribution in [0.1, 0.15) is 30.1 Å². The molecule has 11 heteroatoms. The Morgan fingerprint density at radius 1 is 1.15 bits per heavy atom. The van der Waals surface area contributed by atoms with E-state index in [0.29, 0.717) is 45.7 Å². The average Bonchev–Trinajstić information content (AvgIpc) is 3.42. The molecule has 2 atom stereocenters. The molecule has 3 aromatic heterocycles. The van der Waals surface area contributed by atoms with E-state index in [1.54, 1.807) is 12.1 Å². The second-order valence-electron chi connectivity index (χ2n) is 7.83. The number of fused-ring (bicyclic) bond motifs is 4. The standard InChI is InChI=1S/C22H13ClF2N6O2/c23-13-8-18(27-9-12(13)10-1-2-14-15(7-10)30-33-29-14)28-22(32)31-16-3-4-17(31)20(24)19-11(16)5-6-26-21(19)25/h1-2,5-9,17,20H,3-4H2/p+1/t17?,20-/m1/s1. The van der Waals surface area contributed by atoms with Crippen LogP contribution >= 0.6 is 11.6 Å². The van der Waals surface area contributed by atoms with E-state index in [0.717, 1.165) is 5.56 Å². The van der Waals surface area contributed by atoms with Crippen LogP contribution in [0.4, 0.5) is 19.4 Å². The minimum Gasteiger partial charge on any atom is -0.243 e. The summed E-state index contributed by atoms with van der Waals surface area (Å²) in [4.78, 5) is 20.9. The lowest BCUT2D eigenvalue weighted by Crippen LogP contribution is -2.41. The van der Waals surface area contributed by atoms with Crippen LogP contribution in [0.3, 0.4) is 0 Å². The maximum Gasteiger partial charge on any atom is 0.497 e. The van der Waals surface area contributed by atoms with Gasteiger partial charge in [0.15, 0.2) is 6.17 Å². The molecule has 2 aliphatic heterocycles. The molecule has 5 heterocycles. The number of pyridine rings is 2. The molecule has 0 aliphatic carbocycles. The average molecular weight is 468 g/mol. The number of aromatic nitrogens is 4. The molecule has 0 fully saturated rings. The highest BCUT2D eigenvalue weighted by atomic mass is 35.5. The monoisotopic (exact) mass is 467 g/mol. The number of amides is 2. The van der Waals surface area contributed by atoms with Gasteiger partial charge in [-0.1, -0.05) is 17.7 Å². The summed E-state index contributed by atoms with van der Waals surface area (Å²) in [5.41, 5.74) is 3.44. The summed E-state index contributed by atoms with van der Waals surface area (Å²) in [6.45, 7) is 0. The number of rotatable bonds is 2. The molecule has 1 N–H and O–H groups in total. The summed E-state index contributed by atoms with van der Waals surface area (Å²) in [5, 5.41) is 10.6. The number of urea groups is 1. The summed E-state index contributed by atoms with van der Waals surface area (Å²) in [7, 11) is 0. The summed E-state index contributed by atoms with van der Waals surface area (Å²) >= 11 is 6.46. The van der Waals surface area contributed by atoms with E-state index in [9.17, 15) is 9.18 Å². The Labute approximate surface area is 189 Å². The van der Waals surface area contributed by atoms with Crippen LogP contribution in [0.25, 0.3) is 22.2 Å². The smallest absolute Gasteiger partial charge is 0.243 e. The number of benzene rings is 1. The van der Waals surface area contributed by atoms with E-state index >= 15 is 4.39 Å². The van der Waals surface area contributed by atoms with Crippen molar-refractivity contribution < 1.29 is 22.8 Å². The number of nitrogens with zero attached hydrogens (tertiary/aromatic N) is 5. The molecule has 8 nitrogen and oxygen atoms in total. The van der Waals surface area contributed by atoms with Gasteiger partial charge in [0.2, 0.25) is 11.8 Å². The highest BCUT2D eigenvalue weighted by Gasteiger charge is 2.48. The van der Waals surface area contributed by atoms with Gasteiger partial charge in [-0.2, -0.15) is 19.1 Å². The van der Waals surface area contributed by atoms with Gasteiger partial charge in [-0.3, -0.25) is 0 Å². The third kappa shape index (κ3) is 3.09. The number of alkyl halides is 1. The van der Waals surface area contributed by atoms with Gasteiger partial charge in [0.25, 0.3) is 0 Å². The molecule has 0 saturated carbocycles. The van der Waals surface area contributed by atoms with Gasteiger partial charge >= 0.3 is 6.03 Å². The summed E-state index contributed by atoms with van der Waals surface area (Å²) in [5.74, 6) is -0.631. The number of hydrogen-bond acceptors (Lipinski definition) is 6. The van der Waals surface area contributed by atoms with Gasteiger partial charge in [0.05, 0.1) is 10.6 Å². The first-order valence-electron chi connectivity index (χ1n) is 10.1. The fourth-order valence-electron chi connectivity index (χ4n) is 4.53. The molecule has 2 amide bonds. The lowest BCUT2D eigenvalue weighted by Gasteiger charge is -2.23. The molecule has 0 saturated heterocycles. The second-order valence-corrected chi connectivity index (χ2v) is 8.24. The van der Waals surface area contributed by atoms with Crippen LogP contribution in [0.5, 0.6) is 0 Å². The second kappa shape index (κ2) is 7.38. The van der Waals surface area contributed by atoms with Crippen LogP contribution in [0.15, 0.2) is 47.4 Å². The molecule has 164 valence electrons. The van der Waals surface area contributed by atoms with Crippen LogP contribution in [-0.4, -0.2) is 42.6 Å². The fourth-order valence-corrected chi connectivity index (χ4v) is 4.80. The quantitative estimate of drug-likeness (QED) is 0.339. The Bertz CT molecular complexity index is 1490. The van der Waals surface area contributed by atoms with E-state index in [1.807, 2.05) is 6.07 Å². The molecule has 4 aromatic rings. The zero-order valence-electron chi connectivity index (χ0n) is 16.8. The summed E-state index contributed by atoms with van der Waals surface area (Å²) in [6, 6.07) is 7.02. The first-order valence-corrected chi connectivity index (χ1v) is 10.5. The SMILES string of the molecule is O=C(Nc1cc(Cl)c(-c2ccc3nonc3c2)cn1)[N+]1=C2CCC1[C@@H](F)c1c2ccnc1F. The topological polar surface area (TPSA) is 96.8 Å². The molecule has 0 radical (unpaired) electrons. The summed E-state index contributed by atoms with van der Waals surface area (Å²) in [6.07, 6.45) is 1.99. The highest BCUT2D eigenvalue weighted by Crippen LogP contribution is 2.40. The Kier molecular flexibility index (Phi) is 4.44. The molecular formula is C22H14ClF2N6O2+. The van der Waals surface area contributed by atoms with E-state index in [-0.39, 0.29) is 11.4 Å². The van der Waals surface area contributed by atoms with Crippen molar-refractivity contribution in [1.29, 1.82) is 0 Å². The molecule has 2 aliphatic rings. The molecule has 0 spiro atoms. The van der Waals surface area contributed by atoms with Crippen LogP contribution in [-0.2, 0) is 0 Å². The fraction of sp³-hybridized carbons (Fsp3) is 0.182. The van der Waals surface area contributed by atoms with E-state index in [4.69, 9.17) is 16.2 Å². The molecule has 33 heavy (non-hydrogen) atoms. The Balaban J connectivity index is 1.31. The van der Waals surface area contributed by atoms with Gasteiger partial charge in [-0.25, -0.2) is 19.0 Å². The van der Waals surface area contributed by atoms with Crippen LogP contribution in [0, 0.1) is 5.95 Å². The van der Waals surface area contributed by atoms with Crippen molar-refractivity contribution in [2.24, 2.45) is 0 Å². The van der Waals surface area contributed by atoms with E-state index < -0.39 is 24.2 Å². The highest BCUT2D eigenvalue weighted by molar-refractivity contribution is 6.33. The molecule has 1 aromatic carbocycles. The number of nitrogens with one attached hydrogen (secondary N) is 1. The first-order chi connectivity index (χ1) is 16.0. The van der Waals surface area contributed by atoms with Crippen molar-refractivity contribution >= 4 is 40.2 Å². The zero-order valence-corrected chi connectivity index (χ0v) is 17.6. The lowest BCUT2D eigenvalue weighted by molar-refractivity contribution is -0.472. The maximum atomic E-state index is 15.1. The summed E-state index contributed by atoms with van der Waals surface area (Å²) < 4.78 is 35.3. The third-order valence-electron chi connectivity index (χ3n) is 6.04. The van der Waals surface area contributed by atoms with Crippen molar-refractivity contribution in [3.8, 4) is 11.1 Å². The predicted molar refractivity (Wildman–Crippen MR) is 114 cm³/mol. The zero-order chi connectivity index (χ0) is 22.7. The van der Waals surface area contributed by atoms with Crippen LogP contribution in [0.2, 0.25) is 5.02 Å². The molecule has 2 bridgehead atoms. The van der Waals surface area contributed by atoms with Crippen molar-refractivity contribution in [2.45, 2.75) is 25.1 Å². The van der Waals surface area contributed by atoms with Gasteiger partial charge in [-0.05, 0) is 40.5 Å². The molecule has 6 rings (SSSR count). The van der Waals surface area contributed by atoms with Crippen molar-refractivity contribution in [3.05, 3.63) is 64.8 Å². The molecule has 1 unspecified atom stereocenters. The first kappa shape index (κ1) is 19.9. The number of carbonyl (C=O) groups excluding carboxylic acids is 1. The van der Waals surface area contributed by atoms with Crippen molar-refractivity contribution in [1.82, 2.24) is 20.3 Å². The Morgan fingerprint density at radius 3 is 2.85 bits per heavy atom. The number of anilines is 1. The van der Waals surface area contributed by atoms with Gasteiger partial charge in [0.1, 0.15) is 22.8 Å². The maximum absolute atomic E-state index is 15.1. The minimum absolute atomic E-state index is 0.0798. The number of hydrogen-bond donors (Lipinski definition) is 1.